The zero-order valence-corrected chi connectivity index (χ0v) is 14.1. The van der Waals surface area contributed by atoms with Crippen LogP contribution < -0.4 is 10.2 Å². The lowest BCUT2D eigenvalue weighted by atomic mass is 9.97. The third-order valence-electron chi connectivity index (χ3n) is 4.39. The highest BCUT2D eigenvalue weighted by atomic mass is 16.5. The summed E-state index contributed by atoms with van der Waals surface area (Å²) in [5, 5.41) is 2.99. The molecule has 0 radical (unpaired) electrons. The van der Waals surface area contributed by atoms with E-state index in [0.29, 0.717) is 6.42 Å². The minimum atomic E-state index is 0.0467. The standard InChI is InChI=1S/C20H24N2O2/c1-16(17-5-3-2-4-6-17)15-20(23)21-18-7-9-19(10-8-18)22-11-13-24-14-12-22/h2-10,16H,11-15H2,1H3,(H,21,23)/t16-/m1/s1. The first-order valence-corrected chi connectivity index (χ1v) is 8.50. The van der Waals surface area contributed by atoms with Gasteiger partial charge in [-0.2, -0.15) is 0 Å². The van der Waals surface area contributed by atoms with Crippen LogP contribution in [0.4, 0.5) is 11.4 Å². The fourth-order valence-corrected chi connectivity index (χ4v) is 2.97. The van der Waals surface area contributed by atoms with Crippen molar-refractivity contribution in [2.75, 3.05) is 36.5 Å². The van der Waals surface area contributed by atoms with Gasteiger partial charge in [-0.1, -0.05) is 37.3 Å². The van der Waals surface area contributed by atoms with E-state index >= 15 is 0 Å². The Labute approximate surface area is 143 Å². The van der Waals surface area contributed by atoms with Crippen LogP contribution in [0.15, 0.2) is 54.6 Å². The number of hydrogen-bond acceptors (Lipinski definition) is 3. The van der Waals surface area contributed by atoms with Gasteiger partial charge >= 0.3 is 0 Å². The van der Waals surface area contributed by atoms with Crippen molar-refractivity contribution in [2.45, 2.75) is 19.3 Å². The maximum Gasteiger partial charge on any atom is 0.224 e. The number of benzene rings is 2. The van der Waals surface area contributed by atoms with Crippen molar-refractivity contribution in [3.8, 4) is 0 Å². The molecule has 1 heterocycles. The second-order valence-electron chi connectivity index (χ2n) is 6.21. The van der Waals surface area contributed by atoms with Crippen LogP contribution in [0.5, 0.6) is 0 Å². The molecule has 2 aromatic rings. The molecule has 4 heteroatoms. The molecule has 1 atom stereocenters. The Morgan fingerprint density at radius 1 is 1.08 bits per heavy atom. The predicted octanol–water partition coefficient (Wildman–Crippen LogP) is 3.66. The van der Waals surface area contributed by atoms with Gasteiger partial charge in [0.2, 0.25) is 5.91 Å². The third kappa shape index (κ3) is 4.36. The monoisotopic (exact) mass is 324 g/mol. The molecule has 0 bridgehead atoms. The highest BCUT2D eigenvalue weighted by Gasteiger charge is 2.13. The van der Waals surface area contributed by atoms with Gasteiger partial charge in [-0.3, -0.25) is 4.79 Å². The lowest BCUT2D eigenvalue weighted by Crippen LogP contribution is -2.36. The number of nitrogens with zero attached hydrogens (tertiary/aromatic N) is 1. The van der Waals surface area contributed by atoms with E-state index in [1.165, 1.54) is 11.3 Å². The first-order chi connectivity index (χ1) is 11.7. The number of rotatable bonds is 5. The van der Waals surface area contributed by atoms with Gasteiger partial charge in [-0.05, 0) is 35.7 Å². The summed E-state index contributed by atoms with van der Waals surface area (Å²) in [4.78, 5) is 14.5. The average molecular weight is 324 g/mol. The summed E-state index contributed by atoms with van der Waals surface area (Å²) in [5.41, 5.74) is 3.21. The minimum Gasteiger partial charge on any atom is -0.378 e. The van der Waals surface area contributed by atoms with Gasteiger partial charge in [-0.25, -0.2) is 0 Å². The normalized spacial score (nSPS) is 15.8. The maximum absolute atomic E-state index is 12.2. The molecule has 3 rings (SSSR count). The van der Waals surface area contributed by atoms with Gasteiger partial charge in [0, 0.05) is 30.9 Å². The average Bonchev–Trinajstić information content (AvgIpc) is 2.64. The highest BCUT2D eigenvalue weighted by molar-refractivity contribution is 5.91. The number of morpholine rings is 1. The molecular formula is C20H24N2O2. The van der Waals surface area contributed by atoms with Crippen LogP contribution in [0.1, 0.15) is 24.8 Å². The first-order valence-electron chi connectivity index (χ1n) is 8.50. The Morgan fingerprint density at radius 2 is 1.75 bits per heavy atom. The van der Waals surface area contributed by atoms with Gasteiger partial charge in [0.15, 0.2) is 0 Å². The highest BCUT2D eigenvalue weighted by Crippen LogP contribution is 2.21. The second kappa shape index (κ2) is 7.97. The van der Waals surface area contributed by atoms with Crippen LogP contribution in [0.3, 0.4) is 0 Å². The van der Waals surface area contributed by atoms with Gasteiger partial charge in [0.1, 0.15) is 0 Å². The van der Waals surface area contributed by atoms with E-state index in [0.717, 1.165) is 32.0 Å². The zero-order valence-electron chi connectivity index (χ0n) is 14.1. The third-order valence-corrected chi connectivity index (χ3v) is 4.39. The van der Waals surface area contributed by atoms with E-state index in [1.54, 1.807) is 0 Å². The maximum atomic E-state index is 12.2. The number of nitrogens with one attached hydrogen (secondary N) is 1. The molecule has 4 nitrogen and oxygen atoms in total. The Bertz CT molecular complexity index is 649. The van der Waals surface area contributed by atoms with Crippen molar-refractivity contribution in [1.29, 1.82) is 0 Å². The molecule has 0 aromatic heterocycles. The van der Waals surface area contributed by atoms with Crippen LogP contribution >= 0.6 is 0 Å². The summed E-state index contributed by atoms with van der Waals surface area (Å²) in [7, 11) is 0. The molecule has 0 aliphatic carbocycles. The van der Waals surface area contributed by atoms with Gasteiger partial charge in [0.25, 0.3) is 0 Å². The fraction of sp³-hybridized carbons (Fsp3) is 0.350. The number of carbonyl (C=O) groups is 1. The number of hydrogen-bond donors (Lipinski definition) is 1. The zero-order chi connectivity index (χ0) is 16.8. The lowest BCUT2D eigenvalue weighted by Gasteiger charge is -2.28. The summed E-state index contributed by atoms with van der Waals surface area (Å²) in [6, 6.07) is 18.2. The molecule has 1 aliphatic heterocycles. The summed E-state index contributed by atoms with van der Waals surface area (Å²) in [6.07, 6.45) is 0.481. The summed E-state index contributed by atoms with van der Waals surface area (Å²) in [6.45, 7) is 5.46. The van der Waals surface area contributed by atoms with E-state index in [9.17, 15) is 4.79 Å². The Balaban J connectivity index is 1.54. The topological polar surface area (TPSA) is 41.6 Å². The molecule has 2 aromatic carbocycles. The minimum absolute atomic E-state index is 0.0467. The molecule has 0 unspecified atom stereocenters. The SMILES string of the molecule is C[C@H](CC(=O)Nc1ccc(N2CCOCC2)cc1)c1ccccc1. The number of anilines is 2. The predicted molar refractivity (Wildman–Crippen MR) is 97.6 cm³/mol. The van der Waals surface area contributed by atoms with Crippen molar-refractivity contribution >= 4 is 17.3 Å². The molecular weight excluding hydrogens is 300 g/mol. The van der Waals surface area contributed by atoms with E-state index < -0.39 is 0 Å². The Morgan fingerprint density at radius 3 is 2.42 bits per heavy atom. The molecule has 1 fully saturated rings. The van der Waals surface area contributed by atoms with Gasteiger partial charge in [0.05, 0.1) is 13.2 Å². The first kappa shape index (κ1) is 16.5. The Kier molecular flexibility index (Phi) is 5.49. The summed E-state index contributed by atoms with van der Waals surface area (Å²) < 4.78 is 5.37. The quantitative estimate of drug-likeness (QED) is 0.912. The molecule has 1 N–H and O–H groups in total. The number of carbonyl (C=O) groups excluding carboxylic acids is 1. The van der Waals surface area contributed by atoms with Crippen molar-refractivity contribution in [1.82, 2.24) is 0 Å². The van der Waals surface area contributed by atoms with Crippen molar-refractivity contribution in [3.63, 3.8) is 0 Å². The fourth-order valence-electron chi connectivity index (χ4n) is 2.97. The van der Waals surface area contributed by atoms with Crippen LogP contribution in [-0.4, -0.2) is 32.2 Å². The molecule has 24 heavy (non-hydrogen) atoms. The summed E-state index contributed by atoms with van der Waals surface area (Å²) >= 11 is 0. The largest absolute Gasteiger partial charge is 0.378 e. The van der Waals surface area contributed by atoms with Crippen LogP contribution in [0.25, 0.3) is 0 Å². The van der Waals surface area contributed by atoms with Crippen LogP contribution in [0, 0.1) is 0 Å². The summed E-state index contributed by atoms with van der Waals surface area (Å²) in [5.74, 6) is 0.254. The molecule has 0 spiro atoms. The molecule has 126 valence electrons. The van der Waals surface area contributed by atoms with Crippen LogP contribution in [0.2, 0.25) is 0 Å². The van der Waals surface area contributed by atoms with Gasteiger partial charge in [-0.15, -0.1) is 0 Å². The number of ether oxygens (including phenoxy) is 1. The van der Waals surface area contributed by atoms with Gasteiger partial charge < -0.3 is 15.0 Å². The number of amides is 1. The van der Waals surface area contributed by atoms with E-state index in [1.807, 2.05) is 30.3 Å². The van der Waals surface area contributed by atoms with E-state index in [-0.39, 0.29) is 11.8 Å². The smallest absolute Gasteiger partial charge is 0.224 e. The molecule has 1 saturated heterocycles. The van der Waals surface area contributed by atoms with Crippen molar-refractivity contribution < 1.29 is 9.53 Å². The van der Waals surface area contributed by atoms with Crippen molar-refractivity contribution in [3.05, 3.63) is 60.2 Å². The van der Waals surface area contributed by atoms with E-state index in [2.05, 4.69) is 41.4 Å². The lowest BCUT2D eigenvalue weighted by molar-refractivity contribution is -0.116. The van der Waals surface area contributed by atoms with E-state index in [4.69, 9.17) is 4.74 Å². The molecule has 1 amide bonds. The Hall–Kier alpha value is -2.33. The van der Waals surface area contributed by atoms with Crippen LogP contribution in [-0.2, 0) is 9.53 Å². The molecule has 1 aliphatic rings. The second-order valence-corrected chi connectivity index (χ2v) is 6.21. The molecule has 0 saturated carbocycles. The van der Waals surface area contributed by atoms with Crippen molar-refractivity contribution in [2.24, 2.45) is 0 Å².